The second kappa shape index (κ2) is 17.2. The van der Waals surface area contributed by atoms with Gasteiger partial charge in [-0.25, -0.2) is 9.97 Å². The maximum atomic E-state index is 13.3. The predicted molar refractivity (Wildman–Crippen MR) is 212 cm³/mol. The zero-order valence-corrected chi connectivity index (χ0v) is 32.2. The molecule has 6 N–H and O–H groups in total. The van der Waals surface area contributed by atoms with Gasteiger partial charge in [-0.05, 0) is 55.7 Å². The van der Waals surface area contributed by atoms with E-state index >= 15 is 0 Å². The number of hydrogen-bond acceptors (Lipinski definition) is 15. The first-order chi connectivity index (χ1) is 28.6. The first kappa shape index (κ1) is 39.5. The fraction of sp³-hybridized carbons (Fsp3) is 0.256. The first-order valence-corrected chi connectivity index (χ1v) is 18.6. The number of anilines is 5. The van der Waals surface area contributed by atoms with Gasteiger partial charge in [-0.3, -0.25) is 43.7 Å². The Morgan fingerprint density at radius 2 is 1.64 bits per heavy atom. The summed E-state index contributed by atoms with van der Waals surface area (Å²) in [5.74, 6) is -1.51. The highest BCUT2D eigenvalue weighted by molar-refractivity contribution is 6.25. The lowest BCUT2D eigenvalue weighted by Crippen LogP contribution is -2.54. The fourth-order valence-electron chi connectivity index (χ4n) is 6.65. The second-order valence-corrected chi connectivity index (χ2v) is 13.4. The minimum atomic E-state index is -1.05. The van der Waals surface area contributed by atoms with Crippen LogP contribution in [0, 0.1) is 0 Å². The molecule has 2 aliphatic rings. The molecule has 1 atom stereocenters. The highest BCUT2D eigenvalue weighted by Gasteiger charge is 2.45. The average molecular weight is 802 g/mol. The van der Waals surface area contributed by atoms with Crippen LogP contribution < -0.4 is 36.6 Å². The molecule has 5 aromatic rings. The van der Waals surface area contributed by atoms with Crippen LogP contribution in [0.4, 0.5) is 28.7 Å². The van der Waals surface area contributed by atoms with E-state index in [0.29, 0.717) is 71.5 Å². The molecule has 0 aliphatic carbocycles. The summed E-state index contributed by atoms with van der Waals surface area (Å²) in [6, 6.07) is 14.0. The van der Waals surface area contributed by atoms with Crippen LogP contribution in [0.25, 0.3) is 11.4 Å². The molecule has 20 nitrogen and oxygen atoms in total. The van der Waals surface area contributed by atoms with E-state index in [1.807, 2.05) is 6.07 Å². The molecule has 1 unspecified atom stereocenters. The number of fused-ring (bicyclic) bond motifs is 1. The number of methoxy groups -OCH3 is 1. The largest absolute Gasteiger partial charge is 0.494 e. The van der Waals surface area contributed by atoms with Gasteiger partial charge in [0.05, 0.1) is 40.7 Å². The van der Waals surface area contributed by atoms with Crippen LogP contribution in [0.2, 0.25) is 0 Å². The molecule has 0 radical (unpaired) electrons. The number of hydrogen-bond donors (Lipinski definition) is 6. The Morgan fingerprint density at radius 3 is 2.36 bits per heavy atom. The molecule has 1 saturated heterocycles. The third-order valence-electron chi connectivity index (χ3n) is 9.52. The van der Waals surface area contributed by atoms with Crippen molar-refractivity contribution in [1.29, 1.82) is 0 Å². The van der Waals surface area contributed by atoms with Crippen molar-refractivity contribution >= 4 is 64.1 Å². The molecule has 3 aromatic heterocycles. The summed E-state index contributed by atoms with van der Waals surface area (Å²) in [6.07, 6.45) is 4.34. The Hall–Kier alpha value is -7.77. The number of aromatic nitrogens is 6. The number of carbonyl (C=O) groups excluding carboxylic acids is 6. The van der Waals surface area contributed by atoms with Gasteiger partial charge >= 0.3 is 0 Å². The lowest BCUT2D eigenvalue weighted by molar-refractivity contribution is -0.136. The minimum absolute atomic E-state index is 0.0331. The monoisotopic (exact) mass is 801 g/mol. The number of ether oxygens (including phenoxy) is 1. The van der Waals surface area contributed by atoms with Gasteiger partial charge in [0, 0.05) is 51.6 Å². The van der Waals surface area contributed by atoms with Gasteiger partial charge in [0.25, 0.3) is 23.6 Å². The Morgan fingerprint density at radius 1 is 0.864 bits per heavy atom. The number of imide groups is 2. The van der Waals surface area contributed by atoms with Crippen molar-refractivity contribution in [2.45, 2.75) is 31.7 Å². The van der Waals surface area contributed by atoms with Crippen LogP contribution in [-0.4, -0.2) is 104 Å². The number of amides is 6. The summed E-state index contributed by atoms with van der Waals surface area (Å²) in [5, 5.41) is 29.8. The third-order valence-corrected chi connectivity index (χ3v) is 9.52. The van der Waals surface area contributed by atoms with E-state index in [0.717, 1.165) is 4.90 Å². The highest BCUT2D eigenvalue weighted by Crippen LogP contribution is 2.37. The van der Waals surface area contributed by atoms with E-state index in [2.05, 4.69) is 57.2 Å². The third kappa shape index (κ3) is 8.36. The zero-order valence-electron chi connectivity index (χ0n) is 32.2. The molecule has 302 valence electrons. The number of para-hydroxylation sites is 1. The SMILES string of the molecule is CNC(=O)c1nnc(Nc2ccc(C(=O)NCCCCNc3cccc4c3C(=O)N(C3CCC(=O)NC3=O)C4=O)cn2)cc1Nc1cccc(-c2ncn(C)n2)c1OC. The molecule has 6 amide bonds. The lowest BCUT2D eigenvalue weighted by Gasteiger charge is -2.27. The van der Waals surface area contributed by atoms with Crippen LogP contribution in [0.1, 0.15) is 67.2 Å². The molecule has 20 heteroatoms. The van der Waals surface area contributed by atoms with Gasteiger partial charge in [-0.1, -0.05) is 12.1 Å². The number of carbonyl (C=O) groups is 6. The average Bonchev–Trinajstić information content (AvgIpc) is 3.78. The second-order valence-electron chi connectivity index (χ2n) is 13.4. The predicted octanol–water partition coefficient (Wildman–Crippen LogP) is 2.55. The van der Waals surface area contributed by atoms with Crippen molar-refractivity contribution in [1.82, 2.24) is 50.8 Å². The summed E-state index contributed by atoms with van der Waals surface area (Å²) < 4.78 is 7.29. The van der Waals surface area contributed by atoms with E-state index in [9.17, 15) is 28.8 Å². The van der Waals surface area contributed by atoms with Crippen molar-refractivity contribution < 1.29 is 33.5 Å². The van der Waals surface area contributed by atoms with Crippen molar-refractivity contribution in [2.75, 3.05) is 43.2 Å². The molecule has 5 heterocycles. The van der Waals surface area contributed by atoms with Gasteiger partial charge in [0.2, 0.25) is 11.8 Å². The standard InChI is InChI=1S/C39H39N13O7/c1-40-37(56)32-26(45-25-11-7-9-23(33(25)59-3)34-44-20-51(2)50-34)18-29(48-49-32)46-28-14-12-21(19-43-28)35(54)42-17-5-4-16-41-24-10-6-8-22-31(24)39(58)52(38(22)57)27-13-15-30(53)47-36(27)55/h6-12,14,18-20,27,41H,4-5,13,15-17H2,1-3H3,(H,40,56)(H,42,54)(H,47,53,55)(H2,43,45,46,48). The van der Waals surface area contributed by atoms with Crippen LogP contribution >= 0.6 is 0 Å². The highest BCUT2D eigenvalue weighted by atomic mass is 16.5. The number of aryl methyl sites for hydroxylation is 1. The van der Waals surface area contributed by atoms with E-state index in [1.165, 1.54) is 26.4 Å². The molecular formula is C39H39N13O7. The topological polar surface area (TPSA) is 256 Å². The van der Waals surface area contributed by atoms with Gasteiger partial charge in [-0.2, -0.15) is 5.10 Å². The number of nitrogens with zero attached hydrogens (tertiary/aromatic N) is 7. The summed E-state index contributed by atoms with van der Waals surface area (Å²) in [7, 11) is 4.77. The minimum Gasteiger partial charge on any atom is -0.494 e. The Kier molecular flexibility index (Phi) is 11.5. The summed E-state index contributed by atoms with van der Waals surface area (Å²) in [5.41, 5.74) is 2.69. The van der Waals surface area contributed by atoms with Crippen molar-refractivity contribution in [3.05, 3.63) is 89.5 Å². The smallest absolute Gasteiger partial charge is 0.273 e. The van der Waals surface area contributed by atoms with Crippen molar-refractivity contribution in [3.63, 3.8) is 0 Å². The van der Waals surface area contributed by atoms with Crippen LogP contribution in [0.15, 0.2) is 67.1 Å². The summed E-state index contributed by atoms with van der Waals surface area (Å²) in [6.45, 7) is 0.810. The Bertz CT molecular complexity index is 2470. The number of piperidine rings is 1. The molecule has 2 aromatic carbocycles. The number of benzene rings is 2. The van der Waals surface area contributed by atoms with Crippen LogP contribution in [0.3, 0.4) is 0 Å². The van der Waals surface area contributed by atoms with E-state index in [-0.39, 0.29) is 41.4 Å². The summed E-state index contributed by atoms with van der Waals surface area (Å²) >= 11 is 0. The lowest BCUT2D eigenvalue weighted by atomic mass is 10.0. The summed E-state index contributed by atoms with van der Waals surface area (Å²) in [4.78, 5) is 85.6. The molecule has 59 heavy (non-hydrogen) atoms. The van der Waals surface area contributed by atoms with Gasteiger partial charge in [0.1, 0.15) is 18.2 Å². The Balaban J connectivity index is 0.921. The maximum absolute atomic E-state index is 13.3. The normalized spacial score (nSPS) is 14.7. The van der Waals surface area contributed by atoms with Gasteiger partial charge in [-0.15, -0.1) is 10.2 Å². The molecule has 0 spiro atoms. The number of pyridine rings is 1. The molecule has 2 aliphatic heterocycles. The number of nitrogens with one attached hydrogen (secondary N) is 6. The van der Waals surface area contributed by atoms with Crippen LogP contribution in [0.5, 0.6) is 5.75 Å². The number of rotatable bonds is 15. The van der Waals surface area contributed by atoms with Gasteiger partial charge in [0.15, 0.2) is 23.1 Å². The Labute approximate surface area is 336 Å². The molecule has 7 rings (SSSR count). The van der Waals surface area contributed by atoms with E-state index < -0.39 is 35.6 Å². The number of unbranched alkanes of at least 4 members (excludes halogenated alkanes) is 1. The van der Waals surface area contributed by atoms with Crippen LogP contribution in [-0.2, 0) is 16.6 Å². The first-order valence-electron chi connectivity index (χ1n) is 18.6. The molecule has 0 bridgehead atoms. The fourth-order valence-corrected chi connectivity index (χ4v) is 6.65. The maximum Gasteiger partial charge on any atom is 0.273 e. The van der Waals surface area contributed by atoms with Gasteiger partial charge < -0.3 is 31.3 Å². The van der Waals surface area contributed by atoms with Crippen molar-refractivity contribution in [2.24, 2.45) is 7.05 Å². The molecule has 0 saturated carbocycles. The zero-order chi connectivity index (χ0) is 41.6. The van der Waals surface area contributed by atoms with E-state index in [1.54, 1.807) is 60.5 Å². The van der Waals surface area contributed by atoms with E-state index in [4.69, 9.17) is 4.74 Å². The van der Waals surface area contributed by atoms with Crippen molar-refractivity contribution in [3.8, 4) is 17.1 Å². The molecular weight excluding hydrogens is 763 g/mol. The quantitative estimate of drug-likeness (QED) is 0.0657. The molecule has 1 fully saturated rings.